The van der Waals surface area contributed by atoms with E-state index in [0.29, 0.717) is 25.9 Å². The zero-order valence-corrected chi connectivity index (χ0v) is 10.0. The van der Waals surface area contributed by atoms with Crippen molar-refractivity contribution in [3.8, 4) is 0 Å². The SMILES string of the molecule is CCC[C@H](N)C(=O)N1CCC(C)(C(N)=O)C1. The molecule has 0 aromatic rings. The van der Waals surface area contributed by atoms with Crippen molar-refractivity contribution >= 4 is 11.8 Å². The largest absolute Gasteiger partial charge is 0.369 e. The van der Waals surface area contributed by atoms with Gasteiger partial charge in [0.25, 0.3) is 0 Å². The van der Waals surface area contributed by atoms with Gasteiger partial charge in [0.05, 0.1) is 11.5 Å². The van der Waals surface area contributed by atoms with Crippen molar-refractivity contribution in [2.45, 2.75) is 39.2 Å². The van der Waals surface area contributed by atoms with E-state index < -0.39 is 11.5 Å². The molecule has 0 spiro atoms. The second-order valence-corrected chi connectivity index (χ2v) is 4.83. The molecule has 0 radical (unpaired) electrons. The Kier molecular flexibility index (Phi) is 3.91. The molecule has 2 amide bonds. The van der Waals surface area contributed by atoms with E-state index >= 15 is 0 Å². The van der Waals surface area contributed by atoms with E-state index in [4.69, 9.17) is 11.5 Å². The third-order valence-corrected chi connectivity index (χ3v) is 3.30. The van der Waals surface area contributed by atoms with Crippen LogP contribution in [0.25, 0.3) is 0 Å². The average molecular weight is 227 g/mol. The van der Waals surface area contributed by atoms with Crippen LogP contribution in [-0.4, -0.2) is 35.8 Å². The van der Waals surface area contributed by atoms with Crippen LogP contribution in [-0.2, 0) is 9.59 Å². The Hall–Kier alpha value is -1.10. The molecule has 1 saturated heterocycles. The fourth-order valence-corrected chi connectivity index (χ4v) is 2.02. The molecule has 2 atom stereocenters. The number of likely N-dealkylation sites (tertiary alicyclic amines) is 1. The maximum Gasteiger partial charge on any atom is 0.239 e. The fraction of sp³-hybridized carbons (Fsp3) is 0.818. The lowest BCUT2D eigenvalue weighted by Gasteiger charge is -2.23. The third-order valence-electron chi connectivity index (χ3n) is 3.30. The highest BCUT2D eigenvalue weighted by molar-refractivity contribution is 5.85. The van der Waals surface area contributed by atoms with Crippen molar-refractivity contribution in [3.63, 3.8) is 0 Å². The molecule has 4 N–H and O–H groups in total. The summed E-state index contributed by atoms with van der Waals surface area (Å²) in [7, 11) is 0. The standard InChI is InChI=1S/C11H21N3O2/c1-3-4-8(12)9(15)14-6-5-11(2,7-14)10(13)16/h8H,3-7,12H2,1-2H3,(H2,13,16)/t8-,11?/m0/s1. The van der Waals surface area contributed by atoms with Gasteiger partial charge in [0.15, 0.2) is 0 Å². The summed E-state index contributed by atoms with van der Waals surface area (Å²) < 4.78 is 0. The minimum absolute atomic E-state index is 0.0631. The first-order valence-electron chi connectivity index (χ1n) is 5.75. The monoisotopic (exact) mass is 227 g/mol. The summed E-state index contributed by atoms with van der Waals surface area (Å²) in [5, 5.41) is 0. The van der Waals surface area contributed by atoms with Gasteiger partial charge < -0.3 is 16.4 Å². The Bertz CT molecular complexity index is 293. The van der Waals surface area contributed by atoms with Gasteiger partial charge in [-0.15, -0.1) is 0 Å². The first-order chi connectivity index (χ1) is 7.40. The topological polar surface area (TPSA) is 89.4 Å². The molecule has 0 aromatic heterocycles. The van der Waals surface area contributed by atoms with Crippen molar-refractivity contribution in [2.75, 3.05) is 13.1 Å². The van der Waals surface area contributed by atoms with Gasteiger partial charge in [-0.2, -0.15) is 0 Å². The van der Waals surface area contributed by atoms with Crippen LogP contribution in [0.1, 0.15) is 33.1 Å². The second kappa shape index (κ2) is 4.82. The summed E-state index contributed by atoms with van der Waals surface area (Å²) in [4.78, 5) is 24.8. The Labute approximate surface area is 96.1 Å². The summed E-state index contributed by atoms with van der Waals surface area (Å²) in [5.74, 6) is -0.404. The first kappa shape index (κ1) is 13.0. The van der Waals surface area contributed by atoms with E-state index in [2.05, 4.69) is 0 Å². The Morgan fingerprint density at radius 1 is 1.50 bits per heavy atom. The Morgan fingerprint density at radius 2 is 2.12 bits per heavy atom. The Balaban J connectivity index is 2.59. The molecule has 0 bridgehead atoms. The van der Waals surface area contributed by atoms with E-state index in [1.54, 1.807) is 11.8 Å². The summed E-state index contributed by atoms with van der Waals surface area (Å²) in [5.41, 5.74) is 10.5. The van der Waals surface area contributed by atoms with Crippen LogP contribution in [0, 0.1) is 5.41 Å². The number of hydrogen-bond donors (Lipinski definition) is 2. The number of rotatable bonds is 4. The lowest BCUT2D eigenvalue weighted by Crippen LogP contribution is -2.45. The van der Waals surface area contributed by atoms with Crippen LogP contribution >= 0.6 is 0 Å². The molecule has 5 heteroatoms. The number of carbonyl (C=O) groups excluding carboxylic acids is 2. The van der Waals surface area contributed by atoms with E-state index in [1.807, 2.05) is 6.92 Å². The summed E-state index contributed by atoms with van der Waals surface area (Å²) in [6, 6.07) is -0.444. The summed E-state index contributed by atoms with van der Waals surface area (Å²) >= 11 is 0. The number of carbonyl (C=O) groups is 2. The number of nitrogens with two attached hydrogens (primary N) is 2. The molecule has 1 rings (SSSR count). The molecular weight excluding hydrogens is 206 g/mol. The zero-order valence-electron chi connectivity index (χ0n) is 10.0. The van der Waals surface area contributed by atoms with Crippen LogP contribution in [0.5, 0.6) is 0 Å². The maximum absolute atomic E-state index is 11.9. The van der Waals surface area contributed by atoms with Gasteiger partial charge >= 0.3 is 0 Å². The molecule has 1 aliphatic heterocycles. The minimum atomic E-state index is -0.582. The van der Waals surface area contributed by atoms with Crippen LogP contribution in [0.15, 0.2) is 0 Å². The molecule has 92 valence electrons. The van der Waals surface area contributed by atoms with Crippen LogP contribution in [0.3, 0.4) is 0 Å². The van der Waals surface area contributed by atoms with Crippen molar-refractivity contribution in [2.24, 2.45) is 16.9 Å². The number of primary amides is 1. The molecule has 0 aromatic carbocycles. The highest BCUT2D eigenvalue weighted by Crippen LogP contribution is 2.29. The lowest BCUT2D eigenvalue weighted by molar-refractivity contribution is -0.133. The summed E-state index contributed by atoms with van der Waals surface area (Å²) in [6.07, 6.45) is 2.20. The smallest absolute Gasteiger partial charge is 0.239 e. The Morgan fingerprint density at radius 3 is 2.56 bits per heavy atom. The highest BCUT2D eigenvalue weighted by Gasteiger charge is 2.41. The quantitative estimate of drug-likeness (QED) is 0.699. The van der Waals surface area contributed by atoms with E-state index in [-0.39, 0.29) is 11.8 Å². The normalized spacial score (nSPS) is 26.8. The van der Waals surface area contributed by atoms with E-state index in [9.17, 15) is 9.59 Å². The number of hydrogen-bond acceptors (Lipinski definition) is 3. The van der Waals surface area contributed by atoms with E-state index in [0.717, 1.165) is 6.42 Å². The molecule has 0 saturated carbocycles. The predicted octanol–water partition coefficient (Wildman–Crippen LogP) is -0.162. The van der Waals surface area contributed by atoms with Gasteiger partial charge in [0, 0.05) is 13.1 Å². The molecule has 0 aliphatic carbocycles. The molecule has 16 heavy (non-hydrogen) atoms. The molecule has 1 aliphatic rings. The van der Waals surface area contributed by atoms with Gasteiger partial charge in [0.2, 0.25) is 11.8 Å². The first-order valence-corrected chi connectivity index (χ1v) is 5.75. The van der Waals surface area contributed by atoms with Crippen LogP contribution < -0.4 is 11.5 Å². The van der Waals surface area contributed by atoms with E-state index in [1.165, 1.54) is 0 Å². The van der Waals surface area contributed by atoms with Gasteiger partial charge in [-0.3, -0.25) is 9.59 Å². The minimum Gasteiger partial charge on any atom is -0.369 e. The van der Waals surface area contributed by atoms with Crippen molar-refractivity contribution in [1.82, 2.24) is 4.90 Å². The highest BCUT2D eigenvalue weighted by atomic mass is 16.2. The molecule has 1 heterocycles. The predicted molar refractivity (Wildman–Crippen MR) is 61.4 cm³/mol. The molecule has 1 fully saturated rings. The maximum atomic E-state index is 11.9. The second-order valence-electron chi connectivity index (χ2n) is 4.83. The fourth-order valence-electron chi connectivity index (χ4n) is 2.02. The van der Waals surface area contributed by atoms with Crippen molar-refractivity contribution in [3.05, 3.63) is 0 Å². The third kappa shape index (κ3) is 2.52. The number of amides is 2. The van der Waals surface area contributed by atoms with Gasteiger partial charge in [-0.05, 0) is 19.8 Å². The lowest BCUT2D eigenvalue weighted by atomic mass is 9.89. The van der Waals surface area contributed by atoms with Crippen molar-refractivity contribution in [1.29, 1.82) is 0 Å². The van der Waals surface area contributed by atoms with Crippen LogP contribution in [0.4, 0.5) is 0 Å². The molecule has 1 unspecified atom stereocenters. The zero-order chi connectivity index (χ0) is 12.3. The molecular formula is C11H21N3O2. The van der Waals surface area contributed by atoms with Gasteiger partial charge in [0.1, 0.15) is 0 Å². The average Bonchev–Trinajstić information content (AvgIpc) is 2.61. The summed E-state index contributed by atoms with van der Waals surface area (Å²) in [6.45, 7) is 4.77. The van der Waals surface area contributed by atoms with Gasteiger partial charge in [-0.1, -0.05) is 13.3 Å². The number of nitrogens with zero attached hydrogens (tertiary/aromatic N) is 1. The van der Waals surface area contributed by atoms with Gasteiger partial charge in [-0.25, -0.2) is 0 Å². The van der Waals surface area contributed by atoms with Crippen molar-refractivity contribution < 1.29 is 9.59 Å². The van der Waals surface area contributed by atoms with Crippen LogP contribution in [0.2, 0.25) is 0 Å². The molecule has 5 nitrogen and oxygen atoms in total.